The molecule has 0 aliphatic carbocycles. The van der Waals surface area contributed by atoms with E-state index in [9.17, 15) is 9.59 Å². The van der Waals surface area contributed by atoms with Crippen molar-refractivity contribution in [3.63, 3.8) is 0 Å². The van der Waals surface area contributed by atoms with Crippen molar-refractivity contribution >= 4 is 27.7 Å². The molecule has 7 heteroatoms. The lowest BCUT2D eigenvalue weighted by molar-refractivity contribution is -0.121. The summed E-state index contributed by atoms with van der Waals surface area (Å²) in [6.07, 6.45) is 0. The van der Waals surface area contributed by atoms with Crippen molar-refractivity contribution in [1.82, 2.24) is 10.2 Å². The van der Waals surface area contributed by atoms with Crippen LogP contribution in [-0.4, -0.2) is 50.1 Å². The molecule has 0 unspecified atom stereocenters. The van der Waals surface area contributed by atoms with E-state index in [-0.39, 0.29) is 18.4 Å². The number of nitrogens with one attached hydrogen (secondary N) is 1. The number of methoxy groups -OCH3 is 1. The molecule has 0 fully saturated rings. The summed E-state index contributed by atoms with van der Waals surface area (Å²) in [5.41, 5.74) is 0.434. The molecule has 1 N–H and O–H groups in total. The monoisotopic (exact) mass is 386 g/mol. The molecule has 0 bridgehead atoms. The van der Waals surface area contributed by atoms with Crippen LogP contribution < -0.4 is 14.8 Å². The number of likely N-dealkylation sites (N-methyl/N-ethyl adjacent to an activating group) is 2. The summed E-state index contributed by atoms with van der Waals surface area (Å²) >= 11 is 3.40. The first-order valence-electron chi connectivity index (χ1n) is 7.54. The van der Waals surface area contributed by atoms with Gasteiger partial charge in [-0.05, 0) is 48.8 Å². The summed E-state index contributed by atoms with van der Waals surface area (Å²) in [5, 5.41) is 2.69. The zero-order valence-electron chi connectivity index (χ0n) is 13.9. The van der Waals surface area contributed by atoms with Crippen LogP contribution in [0, 0.1) is 0 Å². The molecule has 0 atom stereocenters. The van der Waals surface area contributed by atoms with E-state index in [4.69, 9.17) is 9.47 Å². The van der Waals surface area contributed by atoms with E-state index in [1.165, 1.54) is 12.0 Å². The lowest BCUT2D eigenvalue weighted by Gasteiger charge is -2.21. The van der Waals surface area contributed by atoms with E-state index in [1.807, 2.05) is 20.8 Å². The van der Waals surface area contributed by atoms with Crippen LogP contribution in [0.1, 0.15) is 31.1 Å². The lowest BCUT2D eigenvalue weighted by Crippen LogP contribution is -2.40. The number of carbonyl (C=O) groups is 2. The summed E-state index contributed by atoms with van der Waals surface area (Å²) in [6.45, 7) is 7.02. The number of carbonyl (C=O) groups excluding carboxylic acids is 2. The normalized spacial score (nSPS) is 10.1. The zero-order valence-corrected chi connectivity index (χ0v) is 15.5. The minimum atomic E-state index is -0.235. The number of nitrogens with zero attached hydrogens (tertiary/aromatic N) is 1. The van der Waals surface area contributed by atoms with Gasteiger partial charge in [-0.15, -0.1) is 0 Å². The first-order chi connectivity index (χ1) is 11.0. The average Bonchev–Trinajstić information content (AvgIpc) is 2.53. The highest BCUT2D eigenvalue weighted by Gasteiger charge is 2.20. The number of benzene rings is 1. The van der Waals surface area contributed by atoms with E-state index in [0.29, 0.717) is 41.2 Å². The van der Waals surface area contributed by atoms with E-state index in [2.05, 4.69) is 21.2 Å². The molecule has 1 rings (SSSR count). The summed E-state index contributed by atoms with van der Waals surface area (Å²) < 4.78 is 11.4. The van der Waals surface area contributed by atoms with Crippen LogP contribution in [0.5, 0.6) is 11.5 Å². The number of hydrogen-bond donors (Lipinski definition) is 1. The van der Waals surface area contributed by atoms with Crippen LogP contribution in [-0.2, 0) is 4.79 Å². The second kappa shape index (κ2) is 9.39. The zero-order chi connectivity index (χ0) is 17.4. The van der Waals surface area contributed by atoms with Gasteiger partial charge in [-0.25, -0.2) is 0 Å². The number of ether oxygens (including phenoxy) is 2. The summed E-state index contributed by atoms with van der Waals surface area (Å²) in [4.78, 5) is 25.8. The van der Waals surface area contributed by atoms with Gasteiger partial charge in [-0.1, -0.05) is 0 Å². The van der Waals surface area contributed by atoms with Gasteiger partial charge in [0.05, 0.1) is 24.7 Å². The Morgan fingerprint density at radius 1 is 1.26 bits per heavy atom. The Labute approximate surface area is 145 Å². The maximum atomic E-state index is 12.6. The van der Waals surface area contributed by atoms with Gasteiger partial charge in [0.2, 0.25) is 5.91 Å². The first-order valence-corrected chi connectivity index (χ1v) is 8.33. The molecule has 0 aromatic heterocycles. The Morgan fingerprint density at radius 3 is 2.48 bits per heavy atom. The predicted octanol–water partition coefficient (Wildman–Crippen LogP) is 2.45. The highest BCUT2D eigenvalue weighted by Crippen LogP contribution is 2.36. The van der Waals surface area contributed by atoms with Crippen molar-refractivity contribution in [1.29, 1.82) is 0 Å². The number of amides is 2. The molecule has 0 spiro atoms. The Morgan fingerprint density at radius 2 is 1.96 bits per heavy atom. The van der Waals surface area contributed by atoms with Crippen molar-refractivity contribution in [2.24, 2.45) is 0 Å². The van der Waals surface area contributed by atoms with Crippen LogP contribution in [0.3, 0.4) is 0 Å². The largest absolute Gasteiger partial charge is 0.493 e. The number of hydrogen-bond acceptors (Lipinski definition) is 4. The van der Waals surface area contributed by atoms with Gasteiger partial charge in [-0.2, -0.15) is 0 Å². The van der Waals surface area contributed by atoms with Crippen LogP contribution in [0.15, 0.2) is 16.6 Å². The quantitative estimate of drug-likeness (QED) is 0.744. The predicted molar refractivity (Wildman–Crippen MR) is 92.1 cm³/mol. The van der Waals surface area contributed by atoms with E-state index < -0.39 is 0 Å². The third kappa shape index (κ3) is 5.13. The summed E-state index contributed by atoms with van der Waals surface area (Å²) in [5.74, 6) is 0.609. The molecule has 6 nitrogen and oxygen atoms in total. The average molecular weight is 387 g/mol. The second-order valence-electron chi connectivity index (χ2n) is 4.70. The number of rotatable bonds is 8. The van der Waals surface area contributed by atoms with Crippen LogP contribution in [0.2, 0.25) is 0 Å². The van der Waals surface area contributed by atoms with Crippen molar-refractivity contribution in [3.8, 4) is 11.5 Å². The molecule has 23 heavy (non-hydrogen) atoms. The minimum Gasteiger partial charge on any atom is -0.493 e. The van der Waals surface area contributed by atoms with E-state index >= 15 is 0 Å². The third-order valence-corrected chi connectivity index (χ3v) is 3.73. The van der Waals surface area contributed by atoms with Crippen molar-refractivity contribution in [3.05, 3.63) is 22.2 Å². The van der Waals surface area contributed by atoms with Crippen molar-refractivity contribution in [2.75, 3.05) is 33.4 Å². The minimum absolute atomic E-state index is 0.0241. The maximum absolute atomic E-state index is 12.6. The molecule has 2 amide bonds. The second-order valence-corrected chi connectivity index (χ2v) is 5.55. The molecule has 0 radical (unpaired) electrons. The fraction of sp³-hybridized carbons (Fsp3) is 0.500. The highest BCUT2D eigenvalue weighted by molar-refractivity contribution is 9.10. The van der Waals surface area contributed by atoms with Crippen LogP contribution in [0.4, 0.5) is 0 Å². The van der Waals surface area contributed by atoms with Gasteiger partial charge < -0.3 is 19.7 Å². The van der Waals surface area contributed by atoms with Gasteiger partial charge in [0.25, 0.3) is 5.91 Å². The molecule has 0 saturated carbocycles. The van der Waals surface area contributed by atoms with Crippen LogP contribution in [0.25, 0.3) is 0 Å². The topological polar surface area (TPSA) is 67.9 Å². The SMILES string of the molecule is CCNC(=O)CN(CC)C(=O)c1cc(Br)c(OCC)c(OC)c1. The Balaban J connectivity index is 3.06. The third-order valence-electron chi connectivity index (χ3n) is 3.14. The van der Waals surface area contributed by atoms with E-state index in [1.54, 1.807) is 12.1 Å². The van der Waals surface area contributed by atoms with Crippen molar-refractivity contribution in [2.45, 2.75) is 20.8 Å². The molecular formula is C16H23BrN2O4. The Kier molecular flexibility index (Phi) is 7.88. The maximum Gasteiger partial charge on any atom is 0.254 e. The van der Waals surface area contributed by atoms with Crippen molar-refractivity contribution < 1.29 is 19.1 Å². The van der Waals surface area contributed by atoms with Gasteiger partial charge in [0, 0.05) is 18.7 Å². The van der Waals surface area contributed by atoms with Gasteiger partial charge in [-0.3, -0.25) is 9.59 Å². The Bertz CT molecular complexity index is 563. The summed E-state index contributed by atoms with van der Waals surface area (Å²) in [6, 6.07) is 3.30. The fourth-order valence-corrected chi connectivity index (χ4v) is 2.62. The molecule has 0 heterocycles. The number of halogens is 1. The first kappa shape index (κ1) is 19.3. The summed E-state index contributed by atoms with van der Waals surface area (Å²) in [7, 11) is 1.52. The molecule has 0 saturated heterocycles. The fourth-order valence-electron chi connectivity index (χ4n) is 2.06. The highest BCUT2D eigenvalue weighted by atomic mass is 79.9. The standard InChI is InChI=1S/C16H23BrN2O4/c1-5-18-14(20)10-19(6-2)16(21)11-8-12(17)15(23-7-3)13(9-11)22-4/h8-9H,5-7,10H2,1-4H3,(H,18,20). The van der Waals surface area contributed by atoms with Gasteiger partial charge >= 0.3 is 0 Å². The lowest BCUT2D eigenvalue weighted by atomic mass is 10.1. The molecule has 1 aromatic carbocycles. The Hall–Kier alpha value is -1.76. The van der Waals surface area contributed by atoms with E-state index in [0.717, 1.165) is 0 Å². The van der Waals surface area contributed by atoms with Gasteiger partial charge in [0.1, 0.15) is 0 Å². The van der Waals surface area contributed by atoms with Gasteiger partial charge in [0.15, 0.2) is 11.5 Å². The molecule has 0 aliphatic rings. The molecule has 1 aromatic rings. The smallest absolute Gasteiger partial charge is 0.254 e. The molecule has 0 aliphatic heterocycles. The molecule has 128 valence electrons. The van der Waals surface area contributed by atoms with Crippen LogP contribution >= 0.6 is 15.9 Å². The molecular weight excluding hydrogens is 364 g/mol.